The number of amides is 1. The van der Waals surface area contributed by atoms with E-state index >= 15 is 0 Å². The van der Waals surface area contributed by atoms with Gasteiger partial charge in [0.1, 0.15) is 5.75 Å². The third-order valence-electron chi connectivity index (χ3n) is 4.53. The van der Waals surface area contributed by atoms with Gasteiger partial charge in [0, 0.05) is 23.1 Å². The number of hydrogen-bond donors (Lipinski definition) is 1. The van der Waals surface area contributed by atoms with Crippen molar-refractivity contribution < 1.29 is 22.7 Å². The summed E-state index contributed by atoms with van der Waals surface area (Å²) in [6, 6.07) is 9.40. The molecule has 1 N–H and O–H groups in total. The van der Waals surface area contributed by atoms with Crippen LogP contribution in [0.15, 0.2) is 41.3 Å². The van der Waals surface area contributed by atoms with E-state index < -0.39 is 15.9 Å². The van der Waals surface area contributed by atoms with Crippen LogP contribution in [0.1, 0.15) is 12.5 Å². The number of carbonyl (C=O) groups excluding carboxylic acids is 1. The fraction of sp³-hybridized carbons (Fsp3) is 0.350. The van der Waals surface area contributed by atoms with Crippen LogP contribution in [-0.2, 0) is 26.0 Å². The van der Waals surface area contributed by atoms with Gasteiger partial charge in [-0.1, -0.05) is 29.3 Å². The van der Waals surface area contributed by atoms with Crippen LogP contribution in [0.5, 0.6) is 5.75 Å². The molecule has 0 bridgehead atoms. The Bertz CT molecular complexity index is 1000. The van der Waals surface area contributed by atoms with Gasteiger partial charge in [-0.25, -0.2) is 8.42 Å². The van der Waals surface area contributed by atoms with Crippen LogP contribution in [0.2, 0.25) is 10.0 Å². The van der Waals surface area contributed by atoms with Gasteiger partial charge < -0.3 is 14.8 Å². The molecule has 0 aliphatic carbocycles. The number of anilines is 1. The number of halogens is 2. The largest absolute Gasteiger partial charge is 0.492 e. The smallest absolute Gasteiger partial charge is 0.243 e. The molecule has 0 saturated carbocycles. The molecule has 1 aliphatic heterocycles. The SMILES string of the molecule is CCOc1ccc(S(=O)(=O)N2CCOCC2)cc1NC(=O)Cc1c(Cl)cccc1Cl. The molecule has 0 radical (unpaired) electrons. The van der Waals surface area contributed by atoms with E-state index in [9.17, 15) is 13.2 Å². The predicted molar refractivity (Wildman–Crippen MR) is 116 cm³/mol. The third kappa shape index (κ3) is 5.25. The molecule has 1 saturated heterocycles. The van der Waals surface area contributed by atoms with E-state index in [1.54, 1.807) is 25.1 Å². The van der Waals surface area contributed by atoms with Crippen molar-refractivity contribution in [3.05, 3.63) is 52.0 Å². The Hall–Kier alpha value is -1.84. The van der Waals surface area contributed by atoms with Crippen molar-refractivity contribution in [2.75, 3.05) is 38.2 Å². The van der Waals surface area contributed by atoms with Gasteiger partial charge in [-0.15, -0.1) is 0 Å². The lowest BCUT2D eigenvalue weighted by Gasteiger charge is -2.26. The monoisotopic (exact) mass is 472 g/mol. The Morgan fingerprint density at radius 1 is 1.17 bits per heavy atom. The molecule has 0 unspecified atom stereocenters. The van der Waals surface area contributed by atoms with Gasteiger partial charge in [-0.2, -0.15) is 4.31 Å². The lowest BCUT2D eigenvalue weighted by atomic mass is 10.1. The van der Waals surface area contributed by atoms with Crippen molar-refractivity contribution >= 4 is 44.8 Å². The van der Waals surface area contributed by atoms with E-state index in [1.165, 1.54) is 22.5 Å². The molecule has 3 rings (SSSR count). The number of nitrogens with zero attached hydrogens (tertiary/aromatic N) is 1. The van der Waals surface area contributed by atoms with Crippen molar-refractivity contribution in [1.82, 2.24) is 4.31 Å². The van der Waals surface area contributed by atoms with E-state index in [1.807, 2.05) is 0 Å². The highest BCUT2D eigenvalue weighted by atomic mass is 35.5. The summed E-state index contributed by atoms with van der Waals surface area (Å²) in [6.45, 7) is 3.41. The molecule has 0 spiro atoms. The number of morpholine rings is 1. The molecule has 162 valence electrons. The standard InChI is InChI=1S/C20H22Cl2N2O5S/c1-2-29-19-7-6-14(30(26,27)24-8-10-28-11-9-24)12-18(19)23-20(25)13-15-16(21)4-3-5-17(15)22/h3-7,12H,2,8-11,13H2,1H3,(H,23,25). The average molecular weight is 473 g/mol. The maximum absolute atomic E-state index is 13.0. The van der Waals surface area contributed by atoms with Gasteiger partial charge >= 0.3 is 0 Å². The van der Waals surface area contributed by atoms with E-state index in [0.29, 0.717) is 41.2 Å². The van der Waals surface area contributed by atoms with Crippen LogP contribution in [0.3, 0.4) is 0 Å². The Morgan fingerprint density at radius 2 is 1.83 bits per heavy atom. The molecule has 10 heteroatoms. The van der Waals surface area contributed by atoms with Crippen LogP contribution < -0.4 is 10.1 Å². The topological polar surface area (TPSA) is 84.9 Å². The zero-order chi connectivity index (χ0) is 21.7. The Morgan fingerprint density at radius 3 is 2.47 bits per heavy atom. The highest BCUT2D eigenvalue weighted by Gasteiger charge is 2.27. The van der Waals surface area contributed by atoms with Crippen molar-refractivity contribution in [3.8, 4) is 5.75 Å². The highest BCUT2D eigenvalue weighted by Crippen LogP contribution is 2.31. The number of ether oxygens (including phenoxy) is 2. The quantitative estimate of drug-likeness (QED) is 0.665. The van der Waals surface area contributed by atoms with Crippen LogP contribution in [0.25, 0.3) is 0 Å². The summed E-state index contributed by atoms with van der Waals surface area (Å²) in [5.74, 6) is -0.0242. The number of sulfonamides is 1. The fourth-order valence-corrected chi connectivity index (χ4v) is 5.01. The van der Waals surface area contributed by atoms with Gasteiger partial charge in [-0.3, -0.25) is 4.79 Å². The van der Waals surface area contributed by atoms with E-state index in [-0.39, 0.29) is 30.1 Å². The van der Waals surface area contributed by atoms with Crippen molar-refractivity contribution in [2.24, 2.45) is 0 Å². The zero-order valence-electron chi connectivity index (χ0n) is 16.4. The maximum atomic E-state index is 13.0. The summed E-state index contributed by atoms with van der Waals surface area (Å²) in [5.41, 5.74) is 0.757. The first-order valence-corrected chi connectivity index (χ1v) is 11.6. The zero-order valence-corrected chi connectivity index (χ0v) is 18.7. The van der Waals surface area contributed by atoms with E-state index in [4.69, 9.17) is 32.7 Å². The first kappa shape index (κ1) is 22.8. The number of carbonyl (C=O) groups is 1. The summed E-state index contributed by atoms with van der Waals surface area (Å²) in [4.78, 5) is 12.7. The van der Waals surface area contributed by atoms with Crippen LogP contribution >= 0.6 is 23.2 Å². The molecule has 30 heavy (non-hydrogen) atoms. The molecule has 7 nitrogen and oxygen atoms in total. The van der Waals surface area contributed by atoms with Gasteiger partial charge in [0.15, 0.2) is 0 Å². The number of nitrogens with one attached hydrogen (secondary N) is 1. The molecule has 1 heterocycles. The van der Waals surface area contributed by atoms with Gasteiger partial charge in [0.05, 0.1) is 36.8 Å². The molecule has 0 aromatic heterocycles. The molecule has 0 atom stereocenters. The number of rotatable bonds is 7. The number of hydrogen-bond acceptors (Lipinski definition) is 5. The average Bonchev–Trinajstić information content (AvgIpc) is 2.73. The maximum Gasteiger partial charge on any atom is 0.243 e. The summed E-state index contributed by atoms with van der Waals surface area (Å²) >= 11 is 12.3. The lowest BCUT2D eigenvalue weighted by molar-refractivity contribution is -0.115. The second-order valence-electron chi connectivity index (χ2n) is 6.53. The Labute approximate surface area is 185 Å². The summed E-state index contributed by atoms with van der Waals surface area (Å²) in [6.07, 6.45) is -0.0650. The third-order valence-corrected chi connectivity index (χ3v) is 7.13. The lowest BCUT2D eigenvalue weighted by Crippen LogP contribution is -2.40. The first-order valence-electron chi connectivity index (χ1n) is 9.40. The second-order valence-corrected chi connectivity index (χ2v) is 9.28. The normalized spacial score (nSPS) is 15.0. The molecule has 1 fully saturated rings. The van der Waals surface area contributed by atoms with Crippen LogP contribution in [0.4, 0.5) is 5.69 Å². The molecule has 2 aromatic rings. The van der Waals surface area contributed by atoms with Crippen LogP contribution in [0, 0.1) is 0 Å². The predicted octanol–water partition coefficient (Wildman–Crippen LogP) is 3.59. The second kappa shape index (κ2) is 9.98. The molecule has 2 aromatic carbocycles. The van der Waals surface area contributed by atoms with Gasteiger partial charge in [0.2, 0.25) is 15.9 Å². The van der Waals surface area contributed by atoms with E-state index in [0.717, 1.165) is 0 Å². The Kier molecular flexibility index (Phi) is 7.60. The number of benzene rings is 2. The summed E-state index contributed by atoms with van der Waals surface area (Å²) in [7, 11) is -3.72. The Balaban J connectivity index is 1.87. The first-order chi connectivity index (χ1) is 14.3. The molecule has 1 aliphatic rings. The molecular weight excluding hydrogens is 451 g/mol. The van der Waals surface area contributed by atoms with Crippen molar-refractivity contribution in [2.45, 2.75) is 18.2 Å². The molecule has 1 amide bonds. The van der Waals surface area contributed by atoms with Gasteiger partial charge in [-0.05, 0) is 42.8 Å². The highest BCUT2D eigenvalue weighted by molar-refractivity contribution is 7.89. The van der Waals surface area contributed by atoms with Crippen LogP contribution in [-0.4, -0.2) is 51.5 Å². The minimum Gasteiger partial charge on any atom is -0.492 e. The fourth-order valence-electron chi connectivity index (χ4n) is 3.04. The van der Waals surface area contributed by atoms with Crippen molar-refractivity contribution in [1.29, 1.82) is 0 Å². The van der Waals surface area contributed by atoms with Gasteiger partial charge in [0.25, 0.3) is 0 Å². The molecular formula is C20H22Cl2N2O5S. The van der Waals surface area contributed by atoms with Crippen molar-refractivity contribution in [3.63, 3.8) is 0 Å². The summed E-state index contributed by atoms with van der Waals surface area (Å²) in [5, 5.41) is 3.49. The van der Waals surface area contributed by atoms with E-state index in [2.05, 4.69) is 5.32 Å². The minimum absolute atomic E-state index is 0.0650. The minimum atomic E-state index is -3.72. The summed E-state index contributed by atoms with van der Waals surface area (Å²) < 4.78 is 38.1.